The van der Waals surface area contributed by atoms with Crippen LogP contribution in [-0.4, -0.2) is 42.6 Å². The third-order valence-electron chi connectivity index (χ3n) is 3.19. The zero-order chi connectivity index (χ0) is 17.3. The standard InChI is InChI=1S/C15H12O8/c16-8-2-6(12(18)10(4-8)14(20)21)1-7-3-9(17)5-11(13(7)19)15(22)23/h2-5,16-19H,1H2,(H,20,21)(H,22,23). The van der Waals surface area contributed by atoms with Crippen molar-refractivity contribution in [3.05, 3.63) is 46.5 Å². The van der Waals surface area contributed by atoms with Gasteiger partial charge in [0.1, 0.15) is 34.1 Å². The number of carbonyl (C=O) groups is 2. The molecule has 23 heavy (non-hydrogen) atoms. The number of benzene rings is 2. The molecule has 0 bridgehead atoms. The number of aromatic hydroxyl groups is 4. The predicted molar refractivity (Wildman–Crippen MR) is 76.3 cm³/mol. The Morgan fingerprint density at radius 2 is 1.04 bits per heavy atom. The van der Waals surface area contributed by atoms with Crippen LogP contribution >= 0.6 is 0 Å². The maximum Gasteiger partial charge on any atom is 0.339 e. The van der Waals surface area contributed by atoms with Crippen molar-refractivity contribution in [2.24, 2.45) is 0 Å². The van der Waals surface area contributed by atoms with Crippen LogP contribution in [0.2, 0.25) is 0 Å². The third-order valence-corrected chi connectivity index (χ3v) is 3.19. The lowest BCUT2D eigenvalue weighted by Gasteiger charge is -2.11. The van der Waals surface area contributed by atoms with Gasteiger partial charge in [-0.2, -0.15) is 0 Å². The van der Waals surface area contributed by atoms with Crippen LogP contribution in [0.15, 0.2) is 24.3 Å². The minimum Gasteiger partial charge on any atom is -0.508 e. The quantitative estimate of drug-likeness (QED) is 0.463. The van der Waals surface area contributed by atoms with Crippen LogP contribution in [0.25, 0.3) is 0 Å². The van der Waals surface area contributed by atoms with Gasteiger partial charge in [-0.15, -0.1) is 0 Å². The minimum atomic E-state index is -1.47. The second-order valence-corrected chi connectivity index (χ2v) is 4.79. The maximum atomic E-state index is 11.0. The molecule has 2 aromatic carbocycles. The maximum absolute atomic E-state index is 11.0. The largest absolute Gasteiger partial charge is 0.508 e. The van der Waals surface area contributed by atoms with Crippen LogP contribution in [0.3, 0.4) is 0 Å². The first-order chi connectivity index (χ1) is 10.7. The number of phenols is 4. The van der Waals surface area contributed by atoms with Gasteiger partial charge in [-0.25, -0.2) is 9.59 Å². The monoisotopic (exact) mass is 320 g/mol. The third kappa shape index (κ3) is 3.10. The van der Waals surface area contributed by atoms with Crippen molar-refractivity contribution >= 4 is 11.9 Å². The van der Waals surface area contributed by atoms with Crippen LogP contribution in [0, 0.1) is 0 Å². The summed E-state index contributed by atoms with van der Waals surface area (Å²) in [6.45, 7) is 0. The van der Waals surface area contributed by atoms with Crippen LogP contribution < -0.4 is 0 Å². The number of rotatable bonds is 4. The number of carboxylic acid groups (broad SMARTS) is 2. The van der Waals surface area contributed by atoms with E-state index in [1.54, 1.807) is 0 Å². The zero-order valence-electron chi connectivity index (χ0n) is 11.5. The number of phenolic OH excluding ortho intramolecular Hbond substituents is 2. The lowest BCUT2D eigenvalue weighted by Crippen LogP contribution is -2.02. The minimum absolute atomic E-state index is 0.0559. The van der Waals surface area contributed by atoms with Crippen molar-refractivity contribution in [2.75, 3.05) is 0 Å². The highest BCUT2D eigenvalue weighted by molar-refractivity contribution is 5.93. The molecule has 0 radical (unpaired) electrons. The van der Waals surface area contributed by atoms with E-state index >= 15 is 0 Å². The van der Waals surface area contributed by atoms with Crippen LogP contribution in [-0.2, 0) is 6.42 Å². The molecule has 0 aliphatic carbocycles. The van der Waals surface area contributed by atoms with Gasteiger partial charge in [0.2, 0.25) is 0 Å². The Bertz CT molecular complexity index is 742. The molecule has 2 rings (SSSR count). The summed E-state index contributed by atoms with van der Waals surface area (Å²) in [4.78, 5) is 22.0. The van der Waals surface area contributed by atoms with E-state index in [-0.39, 0.29) is 17.5 Å². The second kappa shape index (κ2) is 5.76. The highest BCUT2D eigenvalue weighted by atomic mass is 16.4. The Morgan fingerprint density at radius 3 is 1.35 bits per heavy atom. The zero-order valence-corrected chi connectivity index (χ0v) is 11.5. The summed E-state index contributed by atoms with van der Waals surface area (Å²) >= 11 is 0. The Labute approximate surface area is 129 Å². The number of hydrogen-bond donors (Lipinski definition) is 6. The van der Waals surface area contributed by atoms with E-state index in [2.05, 4.69) is 0 Å². The molecule has 0 atom stereocenters. The number of aromatic carboxylic acids is 2. The molecular weight excluding hydrogens is 308 g/mol. The van der Waals surface area contributed by atoms with Gasteiger partial charge < -0.3 is 30.6 Å². The highest BCUT2D eigenvalue weighted by Crippen LogP contribution is 2.34. The average Bonchev–Trinajstić information content (AvgIpc) is 2.45. The molecular formula is C15H12O8. The summed E-state index contributed by atoms with van der Waals surface area (Å²) in [6.07, 6.45) is -0.305. The fourth-order valence-electron chi connectivity index (χ4n) is 2.16. The van der Waals surface area contributed by atoms with E-state index in [9.17, 15) is 30.0 Å². The smallest absolute Gasteiger partial charge is 0.339 e. The molecule has 0 heterocycles. The van der Waals surface area contributed by atoms with E-state index < -0.39 is 46.1 Å². The molecule has 8 heteroatoms. The van der Waals surface area contributed by atoms with Gasteiger partial charge in [0.15, 0.2) is 0 Å². The summed E-state index contributed by atoms with van der Waals surface area (Å²) < 4.78 is 0. The molecule has 0 saturated carbocycles. The van der Waals surface area contributed by atoms with Gasteiger partial charge in [-0.1, -0.05) is 0 Å². The highest BCUT2D eigenvalue weighted by Gasteiger charge is 2.20. The van der Waals surface area contributed by atoms with Gasteiger partial charge in [-0.05, 0) is 24.3 Å². The summed E-state index contributed by atoms with van der Waals surface area (Å²) in [7, 11) is 0. The molecule has 0 aliphatic heterocycles. The van der Waals surface area contributed by atoms with Crippen molar-refractivity contribution in [1.82, 2.24) is 0 Å². The Morgan fingerprint density at radius 1 is 0.696 bits per heavy atom. The van der Waals surface area contributed by atoms with Gasteiger partial charge in [0.05, 0.1) is 0 Å². The molecule has 0 fully saturated rings. The van der Waals surface area contributed by atoms with Crippen molar-refractivity contribution in [3.8, 4) is 23.0 Å². The van der Waals surface area contributed by atoms with Crippen molar-refractivity contribution in [3.63, 3.8) is 0 Å². The lowest BCUT2D eigenvalue weighted by molar-refractivity contribution is 0.0682. The number of carboxylic acids is 2. The second-order valence-electron chi connectivity index (χ2n) is 4.79. The SMILES string of the molecule is O=C(O)c1cc(O)cc(Cc2cc(O)cc(C(=O)O)c2O)c1O. The molecule has 0 aromatic heterocycles. The fourth-order valence-corrected chi connectivity index (χ4v) is 2.16. The van der Waals surface area contributed by atoms with Crippen LogP contribution in [0.1, 0.15) is 31.8 Å². The van der Waals surface area contributed by atoms with Crippen molar-refractivity contribution in [2.45, 2.75) is 6.42 Å². The van der Waals surface area contributed by atoms with Gasteiger partial charge >= 0.3 is 11.9 Å². The molecule has 0 amide bonds. The molecule has 2 aromatic rings. The van der Waals surface area contributed by atoms with Gasteiger partial charge in [-0.3, -0.25) is 0 Å². The van der Waals surface area contributed by atoms with E-state index in [1.807, 2.05) is 0 Å². The first-order valence-corrected chi connectivity index (χ1v) is 6.27. The van der Waals surface area contributed by atoms with Gasteiger partial charge in [0.25, 0.3) is 0 Å². The van der Waals surface area contributed by atoms with Crippen LogP contribution in [0.5, 0.6) is 23.0 Å². The summed E-state index contributed by atoms with van der Waals surface area (Å²) in [6, 6.07) is 3.86. The van der Waals surface area contributed by atoms with Crippen molar-refractivity contribution in [1.29, 1.82) is 0 Å². The first-order valence-electron chi connectivity index (χ1n) is 6.27. The average molecular weight is 320 g/mol. The predicted octanol–water partition coefficient (Wildman–Crippen LogP) is 1.50. The summed E-state index contributed by atoms with van der Waals surface area (Å²) in [5.74, 6) is -5.04. The molecule has 0 saturated heterocycles. The van der Waals surface area contributed by atoms with E-state index in [4.69, 9.17) is 10.2 Å². The van der Waals surface area contributed by atoms with Crippen molar-refractivity contribution < 1.29 is 40.2 Å². The Hall–Kier alpha value is -3.42. The molecule has 0 aliphatic rings. The molecule has 0 spiro atoms. The molecule has 8 nitrogen and oxygen atoms in total. The Kier molecular flexibility index (Phi) is 4.00. The summed E-state index contributed by atoms with van der Waals surface area (Å²) in [5.41, 5.74) is -1.20. The lowest BCUT2D eigenvalue weighted by atomic mass is 9.98. The van der Waals surface area contributed by atoms with E-state index in [1.165, 1.54) is 0 Å². The fraction of sp³-hybridized carbons (Fsp3) is 0.0667. The molecule has 6 N–H and O–H groups in total. The van der Waals surface area contributed by atoms with Gasteiger partial charge in [0, 0.05) is 17.5 Å². The Balaban J connectivity index is 2.56. The summed E-state index contributed by atoms with van der Waals surface area (Å²) in [5, 5.41) is 56.8. The topological polar surface area (TPSA) is 156 Å². The molecule has 120 valence electrons. The van der Waals surface area contributed by atoms with Crippen LogP contribution in [0.4, 0.5) is 0 Å². The van der Waals surface area contributed by atoms with E-state index in [0.29, 0.717) is 0 Å². The first kappa shape index (κ1) is 16.0. The molecule has 0 unspecified atom stereocenters. The number of hydrogen-bond acceptors (Lipinski definition) is 6. The normalized spacial score (nSPS) is 10.4. The van der Waals surface area contributed by atoms with E-state index in [0.717, 1.165) is 24.3 Å².